The molecular formula is C12H24N4O2. The number of ether oxygens (including phenoxy) is 1. The lowest BCUT2D eigenvalue weighted by molar-refractivity contribution is -0.124. The molecule has 0 saturated carbocycles. The molecule has 2 saturated heterocycles. The van der Waals surface area contributed by atoms with Crippen LogP contribution in [0.2, 0.25) is 0 Å². The van der Waals surface area contributed by atoms with Crippen LogP contribution in [0.1, 0.15) is 6.92 Å². The van der Waals surface area contributed by atoms with Crippen molar-refractivity contribution in [3.8, 4) is 0 Å². The summed E-state index contributed by atoms with van der Waals surface area (Å²) in [6.07, 6.45) is 0.124. The van der Waals surface area contributed by atoms with Gasteiger partial charge in [0.05, 0.1) is 18.8 Å². The van der Waals surface area contributed by atoms with Gasteiger partial charge in [-0.2, -0.15) is 0 Å². The highest BCUT2D eigenvalue weighted by Crippen LogP contribution is 2.03. The summed E-state index contributed by atoms with van der Waals surface area (Å²) >= 11 is 0. The van der Waals surface area contributed by atoms with Gasteiger partial charge in [0.15, 0.2) is 0 Å². The van der Waals surface area contributed by atoms with E-state index in [4.69, 9.17) is 4.74 Å². The van der Waals surface area contributed by atoms with Gasteiger partial charge in [-0.05, 0) is 6.54 Å². The smallest absolute Gasteiger partial charge is 0.238 e. The Morgan fingerprint density at radius 3 is 3.11 bits per heavy atom. The van der Waals surface area contributed by atoms with E-state index in [1.807, 2.05) is 0 Å². The standard InChI is InChI=1S/C12H24N4O2/c1-2-16-5-6-18-10(9-16)7-15-12(17)11-8-13-3-4-14-11/h10-11,13-14H,2-9H2,1H3,(H,15,17). The van der Waals surface area contributed by atoms with E-state index in [0.29, 0.717) is 13.1 Å². The molecule has 0 bridgehead atoms. The lowest BCUT2D eigenvalue weighted by atomic mass is 10.2. The van der Waals surface area contributed by atoms with Gasteiger partial charge in [-0.3, -0.25) is 9.69 Å². The van der Waals surface area contributed by atoms with E-state index < -0.39 is 0 Å². The van der Waals surface area contributed by atoms with Crippen LogP contribution in [0.25, 0.3) is 0 Å². The van der Waals surface area contributed by atoms with Gasteiger partial charge >= 0.3 is 0 Å². The minimum atomic E-state index is -0.107. The molecule has 2 rings (SSSR count). The molecule has 104 valence electrons. The van der Waals surface area contributed by atoms with Crippen LogP contribution in [0.4, 0.5) is 0 Å². The van der Waals surface area contributed by atoms with Crippen LogP contribution in [0.3, 0.4) is 0 Å². The molecule has 6 heteroatoms. The third-order valence-corrected chi connectivity index (χ3v) is 3.53. The van der Waals surface area contributed by atoms with Crippen molar-refractivity contribution in [1.82, 2.24) is 20.9 Å². The maximum atomic E-state index is 11.9. The Bertz CT molecular complexity index is 269. The number of carbonyl (C=O) groups is 1. The molecule has 3 N–H and O–H groups in total. The van der Waals surface area contributed by atoms with Crippen molar-refractivity contribution in [3.63, 3.8) is 0 Å². The number of likely N-dealkylation sites (N-methyl/N-ethyl adjacent to an activating group) is 1. The van der Waals surface area contributed by atoms with E-state index in [2.05, 4.69) is 27.8 Å². The van der Waals surface area contributed by atoms with Crippen LogP contribution in [-0.2, 0) is 9.53 Å². The predicted molar refractivity (Wildman–Crippen MR) is 69.5 cm³/mol. The van der Waals surface area contributed by atoms with Crippen LogP contribution in [-0.4, -0.2) is 75.4 Å². The Labute approximate surface area is 108 Å². The molecular weight excluding hydrogens is 232 g/mol. The van der Waals surface area contributed by atoms with Crippen molar-refractivity contribution < 1.29 is 9.53 Å². The molecule has 2 fully saturated rings. The van der Waals surface area contributed by atoms with E-state index in [1.165, 1.54) is 0 Å². The van der Waals surface area contributed by atoms with Crippen molar-refractivity contribution in [2.24, 2.45) is 0 Å². The zero-order valence-electron chi connectivity index (χ0n) is 11.1. The van der Waals surface area contributed by atoms with E-state index in [-0.39, 0.29) is 18.1 Å². The lowest BCUT2D eigenvalue weighted by Gasteiger charge is -2.32. The maximum Gasteiger partial charge on any atom is 0.238 e. The summed E-state index contributed by atoms with van der Waals surface area (Å²) in [7, 11) is 0. The number of nitrogens with zero attached hydrogens (tertiary/aromatic N) is 1. The second-order valence-corrected chi connectivity index (χ2v) is 4.84. The van der Waals surface area contributed by atoms with Gasteiger partial charge in [0.2, 0.25) is 5.91 Å². The molecule has 2 atom stereocenters. The summed E-state index contributed by atoms with van der Waals surface area (Å²) in [5.41, 5.74) is 0. The molecule has 6 nitrogen and oxygen atoms in total. The van der Waals surface area contributed by atoms with Gasteiger partial charge in [-0.25, -0.2) is 0 Å². The molecule has 2 aliphatic heterocycles. The second kappa shape index (κ2) is 7.04. The third kappa shape index (κ3) is 3.91. The number of nitrogens with one attached hydrogen (secondary N) is 3. The quantitative estimate of drug-likeness (QED) is 0.564. The summed E-state index contributed by atoms with van der Waals surface area (Å²) in [5, 5.41) is 9.38. The highest BCUT2D eigenvalue weighted by atomic mass is 16.5. The molecule has 2 heterocycles. The Kier molecular flexibility index (Phi) is 5.37. The van der Waals surface area contributed by atoms with Crippen molar-refractivity contribution in [2.45, 2.75) is 19.1 Å². The van der Waals surface area contributed by atoms with Crippen molar-refractivity contribution in [2.75, 3.05) is 52.4 Å². The van der Waals surface area contributed by atoms with E-state index in [1.54, 1.807) is 0 Å². The molecule has 0 aromatic heterocycles. The fraction of sp³-hybridized carbons (Fsp3) is 0.917. The molecule has 0 aromatic rings. The first-order valence-electron chi connectivity index (χ1n) is 6.85. The Morgan fingerprint density at radius 2 is 2.39 bits per heavy atom. The van der Waals surface area contributed by atoms with Crippen LogP contribution in [0.15, 0.2) is 0 Å². The summed E-state index contributed by atoms with van der Waals surface area (Å²) in [5.74, 6) is 0.0689. The number of morpholine rings is 1. The number of hydrogen-bond donors (Lipinski definition) is 3. The first-order valence-corrected chi connectivity index (χ1v) is 6.85. The number of amides is 1. The zero-order valence-corrected chi connectivity index (χ0v) is 11.1. The van der Waals surface area contributed by atoms with Crippen LogP contribution >= 0.6 is 0 Å². The fourth-order valence-corrected chi connectivity index (χ4v) is 2.37. The lowest BCUT2D eigenvalue weighted by Crippen LogP contribution is -2.57. The van der Waals surface area contributed by atoms with Gasteiger partial charge in [0.25, 0.3) is 0 Å². The number of carbonyl (C=O) groups excluding carboxylic acids is 1. The van der Waals surface area contributed by atoms with E-state index in [0.717, 1.165) is 39.3 Å². The number of rotatable bonds is 4. The van der Waals surface area contributed by atoms with Crippen molar-refractivity contribution in [3.05, 3.63) is 0 Å². The van der Waals surface area contributed by atoms with Crippen LogP contribution in [0, 0.1) is 0 Å². The van der Waals surface area contributed by atoms with E-state index in [9.17, 15) is 4.79 Å². The third-order valence-electron chi connectivity index (χ3n) is 3.53. The van der Waals surface area contributed by atoms with Gasteiger partial charge in [0.1, 0.15) is 0 Å². The topological polar surface area (TPSA) is 65.6 Å². The Balaban J connectivity index is 1.68. The van der Waals surface area contributed by atoms with E-state index >= 15 is 0 Å². The highest BCUT2D eigenvalue weighted by Gasteiger charge is 2.23. The average Bonchev–Trinajstić information content (AvgIpc) is 2.46. The summed E-state index contributed by atoms with van der Waals surface area (Å²) in [6, 6.07) is -0.107. The zero-order chi connectivity index (χ0) is 12.8. The van der Waals surface area contributed by atoms with Crippen LogP contribution < -0.4 is 16.0 Å². The summed E-state index contributed by atoms with van der Waals surface area (Å²) < 4.78 is 5.66. The van der Waals surface area contributed by atoms with Crippen molar-refractivity contribution in [1.29, 1.82) is 0 Å². The molecule has 0 radical (unpaired) electrons. The average molecular weight is 256 g/mol. The fourth-order valence-electron chi connectivity index (χ4n) is 2.37. The molecule has 18 heavy (non-hydrogen) atoms. The number of hydrogen-bond acceptors (Lipinski definition) is 5. The summed E-state index contributed by atoms with van der Waals surface area (Å²) in [4.78, 5) is 14.3. The maximum absolute atomic E-state index is 11.9. The highest BCUT2D eigenvalue weighted by molar-refractivity contribution is 5.82. The molecule has 1 amide bonds. The Hall–Kier alpha value is -0.690. The first-order chi connectivity index (χ1) is 8.79. The minimum absolute atomic E-state index is 0.0689. The molecule has 0 spiro atoms. The first kappa shape index (κ1) is 13.7. The van der Waals surface area contributed by atoms with Gasteiger partial charge in [-0.1, -0.05) is 6.92 Å². The van der Waals surface area contributed by atoms with Gasteiger partial charge in [-0.15, -0.1) is 0 Å². The predicted octanol–water partition coefficient (Wildman–Crippen LogP) is -1.62. The summed E-state index contributed by atoms with van der Waals surface area (Å²) in [6.45, 7) is 8.95. The SMILES string of the molecule is CCN1CCOC(CNC(=O)C2CNCCN2)C1. The van der Waals surface area contributed by atoms with Gasteiger partial charge in [0, 0.05) is 39.3 Å². The van der Waals surface area contributed by atoms with Crippen molar-refractivity contribution >= 4 is 5.91 Å². The molecule has 2 aliphatic rings. The van der Waals surface area contributed by atoms with Crippen LogP contribution in [0.5, 0.6) is 0 Å². The Morgan fingerprint density at radius 1 is 1.50 bits per heavy atom. The minimum Gasteiger partial charge on any atom is -0.374 e. The monoisotopic (exact) mass is 256 g/mol. The van der Waals surface area contributed by atoms with Gasteiger partial charge < -0.3 is 20.7 Å². The normalized spacial score (nSPS) is 30.1. The molecule has 0 aromatic carbocycles. The molecule has 2 unspecified atom stereocenters. The molecule has 0 aliphatic carbocycles. The second-order valence-electron chi connectivity index (χ2n) is 4.84. The largest absolute Gasteiger partial charge is 0.374 e. The number of piperazine rings is 1.